The minimum Gasteiger partial charge on any atom is -0.497 e. The first-order valence-electron chi connectivity index (χ1n) is 8.11. The molecule has 0 unspecified atom stereocenters. The van der Waals surface area contributed by atoms with Gasteiger partial charge in [-0.15, -0.1) is 0 Å². The molecule has 0 bridgehead atoms. The van der Waals surface area contributed by atoms with Gasteiger partial charge in [0.25, 0.3) is 0 Å². The van der Waals surface area contributed by atoms with Crippen LogP contribution in [0.2, 0.25) is 0 Å². The Kier molecular flexibility index (Phi) is 5.23. The third-order valence-corrected chi connectivity index (χ3v) is 4.13. The van der Waals surface area contributed by atoms with E-state index < -0.39 is 0 Å². The predicted molar refractivity (Wildman–Crippen MR) is 101 cm³/mol. The van der Waals surface area contributed by atoms with Crippen molar-refractivity contribution in [2.75, 3.05) is 27.9 Å². The Morgan fingerprint density at radius 3 is 2.56 bits per heavy atom. The van der Waals surface area contributed by atoms with Gasteiger partial charge < -0.3 is 19.2 Å². The van der Waals surface area contributed by atoms with Crippen LogP contribution in [0.25, 0.3) is 10.9 Å². The van der Waals surface area contributed by atoms with Crippen LogP contribution in [-0.2, 0) is 6.42 Å². The van der Waals surface area contributed by atoms with Crippen molar-refractivity contribution >= 4 is 17.1 Å². The van der Waals surface area contributed by atoms with Gasteiger partial charge in [0.1, 0.15) is 5.75 Å². The summed E-state index contributed by atoms with van der Waals surface area (Å²) in [6.45, 7) is 0.707. The maximum absolute atomic E-state index is 5.31. The molecule has 5 heteroatoms. The summed E-state index contributed by atoms with van der Waals surface area (Å²) in [7, 11) is 4.94. The summed E-state index contributed by atoms with van der Waals surface area (Å²) >= 11 is 0. The largest absolute Gasteiger partial charge is 0.497 e. The Bertz CT molecular complexity index is 884. The molecular formula is C20H22N2O3. The fraction of sp³-hybridized carbons (Fsp3) is 0.250. The summed E-state index contributed by atoms with van der Waals surface area (Å²) < 4.78 is 15.9. The quantitative estimate of drug-likeness (QED) is 0.666. The summed E-state index contributed by atoms with van der Waals surface area (Å²) in [5, 5.41) is 1.18. The molecule has 0 aliphatic carbocycles. The number of hydrogen-bond acceptors (Lipinski definition) is 4. The number of aliphatic imine (C=N–C) groups is 1. The Hall–Kier alpha value is -2.95. The van der Waals surface area contributed by atoms with E-state index in [4.69, 9.17) is 14.2 Å². The highest BCUT2D eigenvalue weighted by Gasteiger charge is 2.05. The average Bonchev–Trinajstić information content (AvgIpc) is 3.07. The van der Waals surface area contributed by atoms with Crippen LogP contribution in [0.15, 0.2) is 47.6 Å². The van der Waals surface area contributed by atoms with E-state index in [0.29, 0.717) is 18.0 Å². The van der Waals surface area contributed by atoms with Gasteiger partial charge in [-0.1, -0.05) is 0 Å². The van der Waals surface area contributed by atoms with Gasteiger partial charge in [-0.2, -0.15) is 0 Å². The molecule has 25 heavy (non-hydrogen) atoms. The number of aromatic amines is 1. The maximum Gasteiger partial charge on any atom is 0.161 e. The third kappa shape index (κ3) is 3.76. The summed E-state index contributed by atoms with van der Waals surface area (Å²) in [5.74, 6) is 2.28. The second-order valence-corrected chi connectivity index (χ2v) is 5.63. The lowest BCUT2D eigenvalue weighted by atomic mass is 10.1. The van der Waals surface area contributed by atoms with Crippen LogP contribution in [0.3, 0.4) is 0 Å². The molecule has 1 aromatic heterocycles. The molecule has 0 radical (unpaired) electrons. The van der Waals surface area contributed by atoms with E-state index in [2.05, 4.69) is 16.0 Å². The molecule has 0 saturated carbocycles. The van der Waals surface area contributed by atoms with Crippen LogP contribution >= 0.6 is 0 Å². The van der Waals surface area contributed by atoms with E-state index in [1.807, 2.05) is 42.7 Å². The van der Waals surface area contributed by atoms with Crippen molar-refractivity contribution in [1.82, 2.24) is 4.98 Å². The first-order chi connectivity index (χ1) is 12.2. The molecule has 0 aliphatic rings. The molecule has 1 N–H and O–H groups in total. The van der Waals surface area contributed by atoms with E-state index in [-0.39, 0.29) is 0 Å². The van der Waals surface area contributed by atoms with Gasteiger partial charge in [0.2, 0.25) is 0 Å². The summed E-state index contributed by atoms with van der Waals surface area (Å²) in [4.78, 5) is 7.82. The van der Waals surface area contributed by atoms with Crippen molar-refractivity contribution in [3.8, 4) is 17.2 Å². The molecule has 2 aromatic carbocycles. The molecule has 130 valence electrons. The molecule has 3 aromatic rings. The molecule has 1 heterocycles. The highest BCUT2D eigenvalue weighted by molar-refractivity contribution is 5.85. The smallest absolute Gasteiger partial charge is 0.161 e. The minimum atomic E-state index is 0.704. The molecule has 0 fully saturated rings. The Morgan fingerprint density at radius 1 is 0.960 bits per heavy atom. The fourth-order valence-electron chi connectivity index (χ4n) is 2.78. The lowest BCUT2D eigenvalue weighted by molar-refractivity contribution is 0.355. The Balaban J connectivity index is 1.67. The molecule has 5 nitrogen and oxygen atoms in total. The summed E-state index contributed by atoms with van der Waals surface area (Å²) in [6, 6.07) is 11.8. The molecule has 0 spiro atoms. The molecule has 0 amide bonds. The van der Waals surface area contributed by atoms with Crippen molar-refractivity contribution in [1.29, 1.82) is 0 Å². The second-order valence-electron chi connectivity index (χ2n) is 5.63. The van der Waals surface area contributed by atoms with E-state index in [1.165, 1.54) is 10.9 Å². The van der Waals surface area contributed by atoms with Gasteiger partial charge >= 0.3 is 0 Å². The first-order valence-corrected chi connectivity index (χ1v) is 8.11. The number of benzene rings is 2. The zero-order valence-corrected chi connectivity index (χ0v) is 14.7. The standard InChI is InChI=1S/C20H22N2O3/c1-23-16-5-6-18-17(11-16)15(13-22-18)8-9-21-12-14-4-7-19(24-2)20(10-14)25-3/h4-7,10-13,22H,8-9H2,1-3H3. The number of hydrogen-bond donors (Lipinski definition) is 1. The zero-order valence-electron chi connectivity index (χ0n) is 14.7. The fourth-order valence-corrected chi connectivity index (χ4v) is 2.78. The van der Waals surface area contributed by atoms with E-state index in [0.717, 1.165) is 23.3 Å². The van der Waals surface area contributed by atoms with Gasteiger partial charge in [0.05, 0.1) is 21.3 Å². The van der Waals surface area contributed by atoms with Crippen LogP contribution in [0.4, 0.5) is 0 Å². The molecular weight excluding hydrogens is 316 g/mol. The van der Waals surface area contributed by atoms with Crippen LogP contribution in [0.1, 0.15) is 11.1 Å². The summed E-state index contributed by atoms with van der Waals surface area (Å²) in [5.41, 5.74) is 3.33. The molecule has 0 atom stereocenters. The topological polar surface area (TPSA) is 55.8 Å². The number of rotatable bonds is 7. The zero-order chi connectivity index (χ0) is 17.6. The van der Waals surface area contributed by atoms with Crippen molar-refractivity contribution in [2.24, 2.45) is 4.99 Å². The van der Waals surface area contributed by atoms with Crippen molar-refractivity contribution in [3.63, 3.8) is 0 Å². The molecule has 0 aliphatic heterocycles. The number of methoxy groups -OCH3 is 3. The lowest BCUT2D eigenvalue weighted by Crippen LogP contribution is -1.93. The van der Waals surface area contributed by atoms with Gasteiger partial charge in [0, 0.05) is 29.9 Å². The normalized spacial score (nSPS) is 11.2. The van der Waals surface area contributed by atoms with E-state index in [1.54, 1.807) is 21.3 Å². The highest BCUT2D eigenvalue weighted by atomic mass is 16.5. The average molecular weight is 338 g/mol. The molecule has 3 rings (SSSR count). The lowest BCUT2D eigenvalue weighted by Gasteiger charge is -2.07. The van der Waals surface area contributed by atoms with Crippen molar-refractivity contribution in [2.45, 2.75) is 6.42 Å². The highest BCUT2D eigenvalue weighted by Crippen LogP contribution is 2.27. The number of fused-ring (bicyclic) bond motifs is 1. The van der Waals surface area contributed by atoms with Crippen LogP contribution in [0, 0.1) is 0 Å². The van der Waals surface area contributed by atoms with Gasteiger partial charge in [0.15, 0.2) is 11.5 Å². The van der Waals surface area contributed by atoms with Crippen LogP contribution in [-0.4, -0.2) is 39.1 Å². The number of nitrogens with one attached hydrogen (secondary N) is 1. The Labute approximate surface area is 147 Å². The Morgan fingerprint density at radius 2 is 1.80 bits per heavy atom. The number of ether oxygens (including phenoxy) is 3. The van der Waals surface area contributed by atoms with E-state index >= 15 is 0 Å². The molecule has 0 saturated heterocycles. The second kappa shape index (κ2) is 7.75. The SMILES string of the molecule is COc1ccc2[nH]cc(CCN=Cc3ccc(OC)c(OC)c3)c2c1. The van der Waals surface area contributed by atoms with E-state index in [9.17, 15) is 0 Å². The minimum absolute atomic E-state index is 0.704. The van der Waals surface area contributed by atoms with Gasteiger partial charge in [-0.25, -0.2) is 0 Å². The summed E-state index contributed by atoms with van der Waals surface area (Å²) in [6.07, 6.45) is 4.75. The predicted octanol–water partition coefficient (Wildman–Crippen LogP) is 3.86. The number of H-pyrrole nitrogens is 1. The third-order valence-electron chi connectivity index (χ3n) is 4.13. The number of aromatic nitrogens is 1. The van der Waals surface area contributed by atoms with Crippen LogP contribution in [0.5, 0.6) is 17.2 Å². The van der Waals surface area contributed by atoms with Crippen molar-refractivity contribution in [3.05, 3.63) is 53.7 Å². The van der Waals surface area contributed by atoms with Crippen LogP contribution < -0.4 is 14.2 Å². The van der Waals surface area contributed by atoms with Gasteiger partial charge in [-0.05, 0) is 53.9 Å². The monoisotopic (exact) mass is 338 g/mol. The maximum atomic E-state index is 5.31. The van der Waals surface area contributed by atoms with Gasteiger partial charge in [-0.3, -0.25) is 4.99 Å². The number of nitrogens with zero attached hydrogens (tertiary/aromatic N) is 1. The first kappa shape index (κ1) is 16.9. The van der Waals surface area contributed by atoms with Crippen molar-refractivity contribution < 1.29 is 14.2 Å².